The fourth-order valence-corrected chi connectivity index (χ4v) is 4.10. The molecule has 1 aromatic heterocycles. The van der Waals surface area contributed by atoms with E-state index in [0.717, 1.165) is 11.3 Å². The van der Waals surface area contributed by atoms with Crippen LogP contribution in [0.25, 0.3) is 0 Å². The second-order valence-corrected chi connectivity index (χ2v) is 6.90. The zero-order chi connectivity index (χ0) is 14.1. The van der Waals surface area contributed by atoms with Crippen molar-refractivity contribution in [1.82, 2.24) is 9.71 Å². The summed E-state index contributed by atoms with van der Waals surface area (Å²) in [4.78, 5) is 14.8. The second-order valence-electron chi connectivity index (χ2n) is 3.78. The molecule has 2 atom stereocenters. The lowest BCUT2D eigenvalue weighted by Gasteiger charge is -2.16. The first-order valence-corrected chi connectivity index (χ1v) is 7.32. The molecule has 0 unspecified atom stereocenters. The zero-order valence-electron chi connectivity index (χ0n) is 10.0. The molecule has 0 amide bonds. The van der Waals surface area contributed by atoms with E-state index in [2.05, 4.69) is 4.98 Å². The molecule has 0 aliphatic heterocycles. The standard InChI is InChI=1S/C9H14N2O5S2/c1-4-9(17-6(3)10-4)18(15,16)11-7(5(2)12)8(13)14/h5,7,11-12H,1-3H3,(H,13,14)/t5-,7+/m1/s1. The number of hydrogen-bond donors (Lipinski definition) is 3. The molecule has 1 rings (SSSR count). The van der Waals surface area contributed by atoms with E-state index in [1.165, 1.54) is 13.8 Å². The molecule has 0 saturated heterocycles. The minimum absolute atomic E-state index is 0.0353. The Morgan fingerprint density at radius 2 is 2.00 bits per heavy atom. The quantitative estimate of drug-likeness (QED) is 0.696. The van der Waals surface area contributed by atoms with Gasteiger partial charge < -0.3 is 10.2 Å². The van der Waals surface area contributed by atoms with Crippen LogP contribution in [0.4, 0.5) is 0 Å². The first kappa shape index (κ1) is 15.0. The second kappa shape index (κ2) is 5.31. The molecule has 3 N–H and O–H groups in total. The first-order chi connectivity index (χ1) is 8.15. The average molecular weight is 294 g/mol. The summed E-state index contributed by atoms with van der Waals surface area (Å²) in [6.45, 7) is 4.38. The number of carbonyl (C=O) groups is 1. The van der Waals surface area contributed by atoms with Crippen molar-refractivity contribution in [2.45, 2.75) is 37.1 Å². The summed E-state index contributed by atoms with van der Waals surface area (Å²) in [6.07, 6.45) is -1.34. The van der Waals surface area contributed by atoms with E-state index in [1.807, 2.05) is 4.72 Å². The fraction of sp³-hybridized carbons (Fsp3) is 0.556. The lowest BCUT2D eigenvalue weighted by Crippen LogP contribution is -2.47. The Bertz CT molecular complexity index is 549. The maximum Gasteiger partial charge on any atom is 0.324 e. The van der Waals surface area contributed by atoms with E-state index < -0.39 is 28.1 Å². The topological polar surface area (TPSA) is 117 Å². The van der Waals surface area contributed by atoms with E-state index in [0.29, 0.717) is 10.7 Å². The van der Waals surface area contributed by atoms with Gasteiger partial charge in [-0.2, -0.15) is 4.72 Å². The van der Waals surface area contributed by atoms with Crippen molar-refractivity contribution < 1.29 is 23.4 Å². The van der Waals surface area contributed by atoms with Gasteiger partial charge in [0, 0.05) is 0 Å². The van der Waals surface area contributed by atoms with Crippen LogP contribution in [0.5, 0.6) is 0 Å². The molecular formula is C9H14N2O5S2. The Morgan fingerprint density at radius 1 is 1.44 bits per heavy atom. The highest BCUT2D eigenvalue weighted by molar-refractivity contribution is 7.91. The molecule has 9 heteroatoms. The number of aliphatic hydroxyl groups is 1. The van der Waals surface area contributed by atoms with Crippen molar-refractivity contribution >= 4 is 27.3 Å². The lowest BCUT2D eigenvalue weighted by molar-refractivity contribution is -0.141. The Hall–Kier alpha value is -1.03. The molecule has 0 aliphatic carbocycles. The number of aromatic nitrogens is 1. The molecule has 0 radical (unpaired) electrons. The predicted octanol–water partition coefficient (Wildman–Crippen LogP) is -0.128. The minimum atomic E-state index is -3.99. The molecule has 0 saturated carbocycles. The van der Waals surface area contributed by atoms with Gasteiger partial charge in [-0.05, 0) is 20.8 Å². The SMILES string of the molecule is Cc1nc(C)c(S(=O)(=O)N[C@H](C(=O)O)[C@@H](C)O)s1. The Morgan fingerprint density at radius 3 is 2.33 bits per heavy atom. The maximum atomic E-state index is 12.0. The van der Waals surface area contributed by atoms with Crippen molar-refractivity contribution in [3.05, 3.63) is 10.7 Å². The van der Waals surface area contributed by atoms with Crippen LogP contribution in [0.1, 0.15) is 17.6 Å². The van der Waals surface area contributed by atoms with Crippen LogP contribution in [-0.2, 0) is 14.8 Å². The van der Waals surface area contributed by atoms with Gasteiger partial charge >= 0.3 is 5.97 Å². The smallest absolute Gasteiger partial charge is 0.324 e. The normalized spacial score (nSPS) is 15.3. The minimum Gasteiger partial charge on any atom is -0.480 e. The molecular weight excluding hydrogens is 280 g/mol. The van der Waals surface area contributed by atoms with Crippen LogP contribution in [-0.4, -0.2) is 41.7 Å². The number of nitrogens with one attached hydrogen (secondary N) is 1. The van der Waals surface area contributed by atoms with Gasteiger partial charge in [-0.1, -0.05) is 0 Å². The van der Waals surface area contributed by atoms with Crippen molar-refractivity contribution in [2.24, 2.45) is 0 Å². The third-order valence-electron chi connectivity index (χ3n) is 2.14. The van der Waals surface area contributed by atoms with E-state index in [4.69, 9.17) is 5.11 Å². The summed E-state index contributed by atoms with van der Waals surface area (Å²) in [7, 11) is -3.99. The molecule has 0 aliphatic rings. The number of rotatable bonds is 5. The summed E-state index contributed by atoms with van der Waals surface area (Å²) in [5.74, 6) is -1.44. The monoisotopic (exact) mass is 294 g/mol. The number of aliphatic carboxylic acids is 1. The number of nitrogens with zero attached hydrogens (tertiary/aromatic N) is 1. The molecule has 18 heavy (non-hydrogen) atoms. The molecule has 0 fully saturated rings. The number of aliphatic hydroxyl groups excluding tert-OH is 1. The summed E-state index contributed by atoms with van der Waals surface area (Å²) in [5, 5.41) is 18.6. The van der Waals surface area contributed by atoms with Gasteiger partial charge in [0.1, 0.15) is 6.04 Å². The molecule has 0 aromatic carbocycles. The van der Waals surface area contributed by atoms with Crippen LogP contribution in [0.3, 0.4) is 0 Å². The molecule has 0 spiro atoms. The van der Waals surface area contributed by atoms with E-state index in [-0.39, 0.29) is 4.21 Å². The fourth-order valence-electron chi connectivity index (χ4n) is 1.34. The summed E-state index contributed by atoms with van der Waals surface area (Å²) < 4.78 is 25.9. The first-order valence-electron chi connectivity index (χ1n) is 5.02. The molecule has 102 valence electrons. The van der Waals surface area contributed by atoms with E-state index in [1.54, 1.807) is 6.92 Å². The van der Waals surface area contributed by atoms with E-state index in [9.17, 15) is 18.3 Å². The van der Waals surface area contributed by atoms with Crippen LogP contribution < -0.4 is 4.72 Å². The Kier molecular flexibility index (Phi) is 4.43. The number of thiazole rings is 1. The van der Waals surface area contributed by atoms with Crippen LogP contribution in [0.2, 0.25) is 0 Å². The lowest BCUT2D eigenvalue weighted by atomic mass is 10.2. The summed E-state index contributed by atoms with van der Waals surface area (Å²) in [6, 6.07) is -1.59. The predicted molar refractivity (Wildman–Crippen MR) is 65.0 cm³/mol. The van der Waals surface area contributed by atoms with Crippen molar-refractivity contribution in [3.8, 4) is 0 Å². The van der Waals surface area contributed by atoms with Crippen molar-refractivity contribution in [3.63, 3.8) is 0 Å². The van der Waals surface area contributed by atoms with Gasteiger partial charge in [-0.3, -0.25) is 4.79 Å². The van der Waals surface area contributed by atoms with Crippen molar-refractivity contribution in [1.29, 1.82) is 0 Å². The largest absolute Gasteiger partial charge is 0.480 e. The Labute approximate surface area is 109 Å². The van der Waals surface area contributed by atoms with Gasteiger partial charge in [0.2, 0.25) is 0 Å². The highest BCUT2D eigenvalue weighted by Crippen LogP contribution is 2.23. The molecule has 0 bridgehead atoms. The van der Waals surface area contributed by atoms with Gasteiger partial charge in [-0.25, -0.2) is 13.4 Å². The zero-order valence-corrected chi connectivity index (χ0v) is 11.7. The van der Waals surface area contributed by atoms with Crippen LogP contribution >= 0.6 is 11.3 Å². The number of sulfonamides is 1. The molecule has 1 heterocycles. The highest BCUT2D eigenvalue weighted by Gasteiger charge is 2.31. The Balaban J connectivity index is 3.08. The highest BCUT2D eigenvalue weighted by atomic mass is 32.2. The summed E-state index contributed by atoms with van der Waals surface area (Å²) in [5.41, 5.74) is 0.305. The van der Waals surface area contributed by atoms with Crippen LogP contribution in [0.15, 0.2) is 4.21 Å². The molecule has 7 nitrogen and oxygen atoms in total. The molecule has 1 aromatic rings. The summed E-state index contributed by atoms with van der Waals surface area (Å²) >= 11 is 0.951. The number of carboxylic acid groups (broad SMARTS) is 1. The van der Waals surface area contributed by atoms with Gasteiger partial charge in [0.05, 0.1) is 16.8 Å². The van der Waals surface area contributed by atoms with Crippen molar-refractivity contribution in [2.75, 3.05) is 0 Å². The number of aryl methyl sites for hydroxylation is 2. The van der Waals surface area contributed by atoms with Gasteiger partial charge in [-0.15, -0.1) is 11.3 Å². The number of carboxylic acids is 1. The van der Waals surface area contributed by atoms with Gasteiger partial charge in [0.15, 0.2) is 4.21 Å². The maximum absolute atomic E-state index is 12.0. The van der Waals surface area contributed by atoms with Gasteiger partial charge in [0.25, 0.3) is 10.0 Å². The number of hydrogen-bond acceptors (Lipinski definition) is 6. The van der Waals surface area contributed by atoms with Crippen LogP contribution in [0, 0.1) is 13.8 Å². The average Bonchev–Trinajstić information content (AvgIpc) is 2.54. The third-order valence-corrected chi connectivity index (χ3v) is 5.26. The van der Waals surface area contributed by atoms with E-state index >= 15 is 0 Å². The third kappa shape index (κ3) is 3.25.